The number of halogens is 1. The van der Waals surface area contributed by atoms with Crippen LogP contribution in [0.2, 0.25) is 0 Å². The number of hydrogen-bond acceptors (Lipinski definition) is 3. The maximum atomic E-state index is 12.9. The Kier molecular flexibility index (Phi) is 4.61. The molecule has 0 heterocycles. The molecule has 22 heavy (non-hydrogen) atoms. The molecule has 2 aromatic rings. The molecule has 2 rings (SSSR count). The van der Waals surface area contributed by atoms with Crippen LogP contribution in [0.15, 0.2) is 53.4 Å². The summed E-state index contributed by atoms with van der Waals surface area (Å²) in [5, 5.41) is 2.78. The Morgan fingerprint density at radius 1 is 1.05 bits per heavy atom. The van der Waals surface area contributed by atoms with E-state index in [4.69, 9.17) is 0 Å². The predicted molar refractivity (Wildman–Crippen MR) is 81.8 cm³/mol. The van der Waals surface area contributed by atoms with Gasteiger partial charge in [0.2, 0.25) is 0 Å². The molecule has 0 radical (unpaired) electrons. The Morgan fingerprint density at radius 2 is 1.59 bits per heavy atom. The van der Waals surface area contributed by atoms with Gasteiger partial charge in [-0.3, -0.25) is 4.79 Å². The third-order valence-corrected chi connectivity index (χ3v) is 4.39. The molecule has 2 aromatic carbocycles. The summed E-state index contributed by atoms with van der Waals surface area (Å²) in [6.07, 6.45) is 1.11. The summed E-state index contributed by atoms with van der Waals surface area (Å²) in [7, 11) is -3.28. The van der Waals surface area contributed by atoms with E-state index in [-0.39, 0.29) is 22.7 Å². The van der Waals surface area contributed by atoms with Crippen LogP contribution < -0.4 is 5.32 Å². The van der Waals surface area contributed by atoms with E-state index in [1.54, 1.807) is 19.1 Å². The van der Waals surface area contributed by atoms with Gasteiger partial charge in [0.15, 0.2) is 9.84 Å². The van der Waals surface area contributed by atoms with Crippen LogP contribution in [0.25, 0.3) is 0 Å². The molecule has 6 heteroatoms. The summed E-state index contributed by atoms with van der Waals surface area (Å²) in [6, 6.07) is 11.3. The van der Waals surface area contributed by atoms with Crippen molar-refractivity contribution in [1.82, 2.24) is 5.32 Å². The first-order valence-electron chi connectivity index (χ1n) is 6.64. The number of benzene rings is 2. The molecule has 1 amide bonds. The highest BCUT2D eigenvalue weighted by Crippen LogP contribution is 2.15. The third kappa shape index (κ3) is 3.92. The average Bonchev–Trinajstić information content (AvgIpc) is 2.47. The van der Waals surface area contributed by atoms with Crippen LogP contribution in [0, 0.1) is 5.82 Å². The highest BCUT2D eigenvalue weighted by Gasteiger charge is 2.13. The molecule has 116 valence electrons. The second-order valence-electron chi connectivity index (χ2n) is 5.04. The molecule has 1 atom stereocenters. The summed E-state index contributed by atoms with van der Waals surface area (Å²) in [4.78, 5) is 12.3. The third-order valence-electron chi connectivity index (χ3n) is 3.26. The lowest BCUT2D eigenvalue weighted by Crippen LogP contribution is -2.26. The predicted octanol–water partition coefficient (Wildman–Crippen LogP) is 2.72. The average molecular weight is 321 g/mol. The fourth-order valence-electron chi connectivity index (χ4n) is 1.97. The largest absolute Gasteiger partial charge is 0.346 e. The quantitative estimate of drug-likeness (QED) is 0.942. The lowest BCUT2D eigenvalue weighted by Gasteiger charge is -2.14. The van der Waals surface area contributed by atoms with Gasteiger partial charge in [-0.2, -0.15) is 0 Å². The summed E-state index contributed by atoms with van der Waals surface area (Å²) < 4.78 is 35.6. The molecule has 0 aromatic heterocycles. The Labute approximate surface area is 128 Å². The number of hydrogen-bond donors (Lipinski definition) is 1. The molecule has 1 N–H and O–H groups in total. The van der Waals surface area contributed by atoms with Crippen molar-refractivity contribution in [3.63, 3.8) is 0 Å². The van der Waals surface area contributed by atoms with Crippen LogP contribution in [0.4, 0.5) is 4.39 Å². The van der Waals surface area contributed by atoms with Gasteiger partial charge in [-0.1, -0.05) is 12.1 Å². The molecule has 0 aliphatic rings. The van der Waals surface area contributed by atoms with Crippen LogP contribution in [-0.4, -0.2) is 20.6 Å². The maximum absolute atomic E-state index is 12.9. The number of nitrogens with one attached hydrogen (secondary N) is 1. The van der Waals surface area contributed by atoms with Crippen molar-refractivity contribution in [3.8, 4) is 0 Å². The Hall–Kier alpha value is -2.21. The summed E-state index contributed by atoms with van der Waals surface area (Å²) >= 11 is 0. The van der Waals surface area contributed by atoms with Gasteiger partial charge in [-0.15, -0.1) is 0 Å². The minimum absolute atomic E-state index is 0.163. The van der Waals surface area contributed by atoms with Gasteiger partial charge in [-0.05, 0) is 48.9 Å². The van der Waals surface area contributed by atoms with Crippen molar-refractivity contribution < 1.29 is 17.6 Å². The standard InChI is InChI=1S/C16H16FNO3S/c1-11(12-3-7-14(17)8-4-12)18-16(19)13-5-9-15(10-6-13)22(2,20)21/h3-11H,1-2H3,(H,18,19). The van der Waals surface area contributed by atoms with Gasteiger partial charge >= 0.3 is 0 Å². The summed E-state index contributed by atoms with van der Waals surface area (Å²) in [6.45, 7) is 1.79. The molecule has 1 unspecified atom stereocenters. The second-order valence-corrected chi connectivity index (χ2v) is 7.06. The smallest absolute Gasteiger partial charge is 0.251 e. The number of carbonyl (C=O) groups is 1. The Balaban J connectivity index is 2.10. The molecule has 0 saturated carbocycles. The van der Waals surface area contributed by atoms with Crippen molar-refractivity contribution in [2.24, 2.45) is 0 Å². The molecule has 0 aliphatic carbocycles. The Morgan fingerprint density at radius 3 is 2.09 bits per heavy atom. The van der Waals surface area contributed by atoms with Crippen molar-refractivity contribution in [1.29, 1.82) is 0 Å². The van der Waals surface area contributed by atoms with Crippen molar-refractivity contribution in [3.05, 3.63) is 65.5 Å². The van der Waals surface area contributed by atoms with Crippen LogP contribution in [0.5, 0.6) is 0 Å². The second kappa shape index (κ2) is 6.27. The molecule has 0 bridgehead atoms. The van der Waals surface area contributed by atoms with Gasteiger partial charge in [0.1, 0.15) is 5.82 Å². The molecular weight excluding hydrogens is 305 g/mol. The molecular formula is C16H16FNO3S. The van der Waals surface area contributed by atoms with Gasteiger partial charge in [0.25, 0.3) is 5.91 Å². The number of amides is 1. The summed E-state index contributed by atoms with van der Waals surface area (Å²) in [5.74, 6) is -0.657. The number of carbonyl (C=O) groups excluding carboxylic acids is 1. The van der Waals surface area contributed by atoms with Gasteiger partial charge < -0.3 is 5.32 Å². The monoisotopic (exact) mass is 321 g/mol. The highest BCUT2D eigenvalue weighted by molar-refractivity contribution is 7.90. The molecule has 0 fully saturated rings. The molecule has 0 saturated heterocycles. The number of rotatable bonds is 4. The molecule has 0 aliphatic heterocycles. The summed E-state index contributed by atoms with van der Waals surface area (Å²) in [5.41, 5.74) is 1.14. The van der Waals surface area contributed by atoms with Crippen LogP contribution >= 0.6 is 0 Å². The zero-order chi connectivity index (χ0) is 16.3. The molecule has 4 nitrogen and oxygen atoms in total. The van der Waals surface area contributed by atoms with E-state index in [0.29, 0.717) is 5.56 Å². The van der Waals surface area contributed by atoms with Crippen molar-refractivity contribution in [2.45, 2.75) is 17.9 Å². The fourth-order valence-corrected chi connectivity index (χ4v) is 2.60. The normalized spacial score (nSPS) is 12.7. The van der Waals surface area contributed by atoms with Gasteiger partial charge in [0, 0.05) is 11.8 Å². The van der Waals surface area contributed by atoms with E-state index in [0.717, 1.165) is 11.8 Å². The zero-order valence-corrected chi connectivity index (χ0v) is 13.0. The SMILES string of the molecule is CC(NC(=O)c1ccc(S(C)(=O)=O)cc1)c1ccc(F)cc1. The van der Waals surface area contributed by atoms with Gasteiger partial charge in [0.05, 0.1) is 10.9 Å². The lowest BCUT2D eigenvalue weighted by molar-refractivity contribution is 0.0940. The van der Waals surface area contributed by atoms with Crippen LogP contribution in [-0.2, 0) is 9.84 Å². The fraction of sp³-hybridized carbons (Fsp3) is 0.188. The van der Waals surface area contributed by atoms with Crippen LogP contribution in [0.1, 0.15) is 28.9 Å². The first kappa shape index (κ1) is 16.2. The van der Waals surface area contributed by atoms with E-state index in [1.807, 2.05) is 0 Å². The minimum Gasteiger partial charge on any atom is -0.346 e. The van der Waals surface area contributed by atoms with E-state index in [2.05, 4.69) is 5.32 Å². The van der Waals surface area contributed by atoms with E-state index in [9.17, 15) is 17.6 Å². The highest BCUT2D eigenvalue weighted by atomic mass is 32.2. The lowest BCUT2D eigenvalue weighted by atomic mass is 10.1. The Bertz CT molecular complexity index is 768. The van der Waals surface area contributed by atoms with Crippen LogP contribution in [0.3, 0.4) is 0 Å². The van der Waals surface area contributed by atoms with E-state index < -0.39 is 9.84 Å². The van der Waals surface area contributed by atoms with Crippen molar-refractivity contribution in [2.75, 3.05) is 6.26 Å². The topological polar surface area (TPSA) is 63.2 Å². The van der Waals surface area contributed by atoms with E-state index in [1.165, 1.54) is 36.4 Å². The maximum Gasteiger partial charge on any atom is 0.251 e. The molecule has 0 spiro atoms. The first-order valence-corrected chi connectivity index (χ1v) is 8.53. The number of sulfone groups is 1. The van der Waals surface area contributed by atoms with Crippen molar-refractivity contribution >= 4 is 15.7 Å². The van der Waals surface area contributed by atoms with Gasteiger partial charge in [-0.25, -0.2) is 12.8 Å². The van der Waals surface area contributed by atoms with E-state index >= 15 is 0 Å². The minimum atomic E-state index is -3.28. The zero-order valence-electron chi connectivity index (χ0n) is 12.2. The first-order chi connectivity index (χ1) is 10.3.